The summed E-state index contributed by atoms with van der Waals surface area (Å²) >= 11 is 0. The van der Waals surface area contributed by atoms with Crippen LogP contribution in [0.25, 0.3) is 10.8 Å². The van der Waals surface area contributed by atoms with Crippen LogP contribution >= 0.6 is 0 Å². The van der Waals surface area contributed by atoms with Gasteiger partial charge in [0.2, 0.25) is 0 Å². The van der Waals surface area contributed by atoms with Gasteiger partial charge in [0, 0.05) is 5.39 Å². The van der Waals surface area contributed by atoms with Crippen LogP contribution in [0.2, 0.25) is 0 Å². The molecule has 0 radical (unpaired) electrons. The van der Waals surface area contributed by atoms with E-state index >= 15 is 0 Å². The number of rotatable bonds is 4. The number of hydrogen-bond acceptors (Lipinski definition) is 3. The summed E-state index contributed by atoms with van der Waals surface area (Å²) in [6, 6.07) is 10.0. The minimum Gasteiger partial charge on any atom is -0.478 e. The summed E-state index contributed by atoms with van der Waals surface area (Å²) in [4.78, 5) is 23.2. The van der Waals surface area contributed by atoms with Crippen LogP contribution in [-0.4, -0.2) is 23.7 Å². The van der Waals surface area contributed by atoms with Crippen LogP contribution in [0.5, 0.6) is 0 Å². The lowest BCUT2D eigenvalue weighted by Crippen LogP contribution is -2.08. The number of esters is 1. The largest absolute Gasteiger partial charge is 0.478 e. The molecule has 4 heteroatoms. The number of aromatic carboxylic acids is 1. The van der Waals surface area contributed by atoms with E-state index < -0.39 is 11.9 Å². The first-order chi connectivity index (χ1) is 9.15. The molecule has 19 heavy (non-hydrogen) atoms. The van der Waals surface area contributed by atoms with Gasteiger partial charge in [-0.1, -0.05) is 31.2 Å². The van der Waals surface area contributed by atoms with Gasteiger partial charge in [0.1, 0.15) is 0 Å². The summed E-state index contributed by atoms with van der Waals surface area (Å²) in [6.45, 7) is 2.23. The topological polar surface area (TPSA) is 63.6 Å². The zero-order chi connectivity index (χ0) is 13.8. The molecule has 4 nitrogen and oxygen atoms in total. The molecule has 0 unspecified atom stereocenters. The molecule has 0 saturated heterocycles. The SMILES string of the molecule is CCCOC(=O)c1cccc2cccc(C(=O)O)c12. The van der Waals surface area contributed by atoms with Gasteiger partial charge in [0.05, 0.1) is 17.7 Å². The van der Waals surface area contributed by atoms with Crippen LogP contribution in [0.3, 0.4) is 0 Å². The second-order valence-corrected chi connectivity index (χ2v) is 4.15. The van der Waals surface area contributed by atoms with Crippen LogP contribution in [0.1, 0.15) is 34.1 Å². The van der Waals surface area contributed by atoms with E-state index in [0.29, 0.717) is 22.9 Å². The van der Waals surface area contributed by atoms with Gasteiger partial charge in [-0.25, -0.2) is 9.59 Å². The van der Waals surface area contributed by atoms with Crippen LogP contribution in [0.4, 0.5) is 0 Å². The molecule has 0 amide bonds. The Morgan fingerprint density at radius 1 is 1.11 bits per heavy atom. The number of carboxylic acid groups (broad SMARTS) is 1. The molecule has 2 rings (SSSR count). The van der Waals surface area contributed by atoms with Gasteiger partial charge < -0.3 is 9.84 Å². The Morgan fingerprint density at radius 2 is 1.74 bits per heavy atom. The van der Waals surface area contributed by atoms with E-state index in [1.54, 1.807) is 30.3 Å². The summed E-state index contributed by atoms with van der Waals surface area (Å²) < 4.78 is 5.09. The van der Waals surface area contributed by atoms with E-state index in [1.165, 1.54) is 6.07 Å². The summed E-state index contributed by atoms with van der Waals surface area (Å²) in [5, 5.41) is 10.4. The molecule has 0 fully saturated rings. The lowest BCUT2D eigenvalue weighted by molar-refractivity contribution is 0.0507. The number of carbonyl (C=O) groups is 2. The van der Waals surface area contributed by atoms with E-state index in [2.05, 4.69) is 0 Å². The van der Waals surface area contributed by atoms with Crippen molar-refractivity contribution >= 4 is 22.7 Å². The molecule has 0 saturated carbocycles. The molecule has 0 aliphatic heterocycles. The van der Waals surface area contributed by atoms with Crippen LogP contribution < -0.4 is 0 Å². The first-order valence-corrected chi connectivity index (χ1v) is 6.07. The normalized spacial score (nSPS) is 10.4. The van der Waals surface area contributed by atoms with Gasteiger partial charge in [0.25, 0.3) is 0 Å². The van der Waals surface area contributed by atoms with Crippen molar-refractivity contribution in [3.8, 4) is 0 Å². The summed E-state index contributed by atoms with van der Waals surface area (Å²) in [6.07, 6.45) is 0.724. The third kappa shape index (κ3) is 2.57. The number of ether oxygens (including phenoxy) is 1. The fourth-order valence-electron chi connectivity index (χ4n) is 1.96. The van der Waals surface area contributed by atoms with Crippen LogP contribution in [0, 0.1) is 0 Å². The molecule has 1 N–H and O–H groups in total. The summed E-state index contributed by atoms with van der Waals surface area (Å²) in [5.41, 5.74) is 0.408. The zero-order valence-corrected chi connectivity index (χ0v) is 10.6. The molecule has 2 aromatic carbocycles. The molecule has 0 aromatic heterocycles. The Balaban J connectivity index is 2.60. The third-order valence-corrected chi connectivity index (χ3v) is 2.79. The van der Waals surface area contributed by atoms with Crippen molar-refractivity contribution in [1.29, 1.82) is 0 Å². The Labute approximate surface area is 110 Å². The van der Waals surface area contributed by atoms with Crippen molar-refractivity contribution in [3.63, 3.8) is 0 Å². The maximum atomic E-state index is 12.0. The predicted octanol–water partition coefficient (Wildman–Crippen LogP) is 3.10. The highest BCUT2D eigenvalue weighted by Crippen LogP contribution is 2.24. The van der Waals surface area contributed by atoms with Crippen molar-refractivity contribution in [3.05, 3.63) is 47.5 Å². The fraction of sp³-hybridized carbons (Fsp3) is 0.200. The highest BCUT2D eigenvalue weighted by Gasteiger charge is 2.16. The average molecular weight is 258 g/mol. The van der Waals surface area contributed by atoms with Gasteiger partial charge in [0.15, 0.2) is 0 Å². The van der Waals surface area contributed by atoms with Crippen molar-refractivity contribution in [2.45, 2.75) is 13.3 Å². The highest BCUT2D eigenvalue weighted by atomic mass is 16.5. The van der Waals surface area contributed by atoms with E-state index in [0.717, 1.165) is 6.42 Å². The second kappa shape index (κ2) is 5.52. The smallest absolute Gasteiger partial charge is 0.338 e. The average Bonchev–Trinajstić information content (AvgIpc) is 2.43. The molecule has 98 valence electrons. The Hall–Kier alpha value is -2.36. The number of carbonyl (C=O) groups excluding carboxylic acids is 1. The van der Waals surface area contributed by atoms with Crippen molar-refractivity contribution in [1.82, 2.24) is 0 Å². The number of benzene rings is 2. The third-order valence-electron chi connectivity index (χ3n) is 2.79. The quantitative estimate of drug-likeness (QED) is 0.856. The summed E-state index contributed by atoms with van der Waals surface area (Å²) in [5.74, 6) is -1.54. The molecule has 0 aliphatic rings. The standard InChI is InChI=1S/C15H14O4/c1-2-9-19-15(18)12-8-4-6-10-5-3-7-11(13(10)12)14(16)17/h3-8H,2,9H2,1H3,(H,16,17). The highest BCUT2D eigenvalue weighted by molar-refractivity contribution is 6.12. The molecule has 0 bridgehead atoms. The molecule has 2 aromatic rings. The molecule has 0 spiro atoms. The van der Waals surface area contributed by atoms with Gasteiger partial charge in [-0.2, -0.15) is 0 Å². The maximum absolute atomic E-state index is 12.0. The Bertz CT molecular complexity index is 626. The van der Waals surface area contributed by atoms with Gasteiger partial charge in [-0.15, -0.1) is 0 Å². The van der Waals surface area contributed by atoms with Gasteiger partial charge in [-0.05, 0) is 23.9 Å². The molecule has 0 aliphatic carbocycles. The van der Waals surface area contributed by atoms with Crippen molar-refractivity contribution < 1.29 is 19.4 Å². The summed E-state index contributed by atoms with van der Waals surface area (Å²) in [7, 11) is 0. The second-order valence-electron chi connectivity index (χ2n) is 4.15. The molecule has 0 heterocycles. The first-order valence-electron chi connectivity index (χ1n) is 6.07. The predicted molar refractivity (Wildman–Crippen MR) is 71.5 cm³/mol. The van der Waals surface area contributed by atoms with Crippen LogP contribution in [-0.2, 0) is 4.74 Å². The van der Waals surface area contributed by atoms with Gasteiger partial charge >= 0.3 is 11.9 Å². The van der Waals surface area contributed by atoms with E-state index in [-0.39, 0.29) is 5.56 Å². The van der Waals surface area contributed by atoms with E-state index in [4.69, 9.17) is 4.74 Å². The van der Waals surface area contributed by atoms with Crippen molar-refractivity contribution in [2.75, 3.05) is 6.61 Å². The lowest BCUT2D eigenvalue weighted by atomic mass is 9.99. The molecular formula is C15H14O4. The Kier molecular flexibility index (Phi) is 3.80. The fourth-order valence-corrected chi connectivity index (χ4v) is 1.96. The van der Waals surface area contributed by atoms with Gasteiger partial charge in [-0.3, -0.25) is 0 Å². The van der Waals surface area contributed by atoms with Crippen molar-refractivity contribution in [2.24, 2.45) is 0 Å². The van der Waals surface area contributed by atoms with E-state index in [1.807, 2.05) is 6.92 Å². The molecular weight excluding hydrogens is 244 g/mol. The number of carboxylic acids is 1. The monoisotopic (exact) mass is 258 g/mol. The maximum Gasteiger partial charge on any atom is 0.338 e. The van der Waals surface area contributed by atoms with E-state index in [9.17, 15) is 14.7 Å². The number of hydrogen-bond donors (Lipinski definition) is 1. The minimum absolute atomic E-state index is 0.113. The van der Waals surface area contributed by atoms with Crippen LogP contribution in [0.15, 0.2) is 36.4 Å². The first kappa shape index (κ1) is 13.1. The zero-order valence-electron chi connectivity index (χ0n) is 10.6. The number of fused-ring (bicyclic) bond motifs is 1. The Morgan fingerprint density at radius 3 is 2.32 bits per heavy atom. The lowest BCUT2D eigenvalue weighted by Gasteiger charge is -2.09. The minimum atomic E-state index is -1.05. The molecule has 0 atom stereocenters.